The van der Waals surface area contributed by atoms with E-state index >= 15 is 0 Å². The summed E-state index contributed by atoms with van der Waals surface area (Å²) in [5.41, 5.74) is 1.76. The normalized spacial score (nSPS) is 9.90. The molecule has 1 N–H and O–H groups in total. The molecule has 0 unspecified atom stereocenters. The monoisotopic (exact) mass is 288 g/mol. The number of aliphatic hydroxyl groups is 1. The molecule has 0 heterocycles. The van der Waals surface area contributed by atoms with Crippen molar-refractivity contribution in [3.05, 3.63) is 64.7 Å². The lowest BCUT2D eigenvalue weighted by molar-refractivity contribution is 0.303. The third-order valence-corrected chi connectivity index (χ3v) is 2.80. The van der Waals surface area contributed by atoms with E-state index in [-0.39, 0.29) is 19.0 Å². The van der Waals surface area contributed by atoms with Crippen molar-refractivity contribution < 1.29 is 18.6 Å². The molecule has 0 aliphatic heterocycles. The quantitative estimate of drug-likeness (QED) is 0.879. The minimum Gasteiger partial charge on any atom is -0.489 e. The Hall–Kier alpha value is -2.38. The largest absolute Gasteiger partial charge is 0.489 e. The molecule has 0 amide bonds. The molecule has 4 heteroatoms. The average molecular weight is 288 g/mol. The molecule has 0 aromatic heterocycles. The predicted octanol–water partition coefficient (Wildman–Crippen LogP) is 3.20. The van der Waals surface area contributed by atoms with Gasteiger partial charge >= 0.3 is 0 Å². The predicted molar refractivity (Wildman–Crippen MR) is 75.8 cm³/mol. The Morgan fingerprint density at radius 3 is 2.62 bits per heavy atom. The van der Waals surface area contributed by atoms with E-state index in [0.717, 1.165) is 0 Å². The summed E-state index contributed by atoms with van der Waals surface area (Å²) in [7, 11) is 0. The summed E-state index contributed by atoms with van der Waals surface area (Å²) in [4.78, 5) is 0. The molecule has 2 nitrogen and oxygen atoms in total. The molecule has 0 radical (unpaired) electrons. The van der Waals surface area contributed by atoms with Gasteiger partial charge in [0.2, 0.25) is 0 Å². The van der Waals surface area contributed by atoms with E-state index in [1.54, 1.807) is 13.0 Å². The van der Waals surface area contributed by atoms with Crippen molar-refractivity contribution in [1.82, 2.24) is 0 Å². The highest BCUT2D eigenvalue weighted by molar-refractivity contribution is 5.38. The van der Waals surface area contributed by atoms with Gasteiger partial charge in [-0.25, -0.2) is 8.78 Å². The van der Waals surface area contributed by atoms with Crippen LogP contribution in [-0.2, 0) is 6.61 Å². The molecule has 0 bridgehead atoms. The summed E-state index contributed by atoms with van der Waals surface area (Å²) < 4.78 is 32.0. The van der Waals surface area contributed by atoms with Gasteiger partial charge in [-0.1, -0.05) is 11.8 Å². The zero-order valence-corrected chi connectivity index (χ0v) is 11.5. The van der Waals surface area contributed by atoms with Gasteiger partial charge in [0.05, 0.1) is 0 Å². The van der Waals surface area contributed by atoms with Gasteiger partial charge in [-0.3, -0.25) is 0 Å². The van der Waals surface area contributed by atoms with Crippen LogP contribution in [0.2, 0.25) is 0 Å². The van der Waals surface area contributed by atoms with Crippen molar-refractivity contribution in [2.24, 2.45) is 0 Å². The molecule has 0 spiro atoms. The van der Waals surface area contributed by atoms with Gasteiger partial charge in [0.25, 0.3) is 0 Å². The van der Waals surface area contributed by atoms with Crippen molar-refractivity contribution in [1.29, 1.82) is 0 Å². The van der Waals surface area contributed by atoms with Gasteiger partial charge in [0.1, 0.15) is 30.6 Å². The number of rotatable bonds is 3. The van der Waals surface area contributed by atoms with Gasteiger partial charge in [0.15, 0.2) is 0 Å². The number of aryl methyl sites for hydroxylation is 1. The molecule has 0 saturated heterocycles. The molecule has 0 aliphatic carbocycles. The van der Waals surface area contributed by atoms with Crippen LogP contribution >= 0.6 is 0 Å². The van der Waals surface area contributed by atoms with Crippen molar-refractivity contribution in [3.63, 3.8) is 0 Å². The number of benzene rings is 2. The fourth-order valence-electron chi connectivity index (χ4n) is 1.88. The molecule has 0 fully saturated rings. The molecule has 0 aliphatic rings. The Kier molecular flexibility index (Phi) is 4.91. The average Bonchev–Trinajstić information content (AvgIpc) is 2.43. The minimum atomic E-state index is -0.422. The van der Waals surface area contributed by atoms with Crippen LogP contribution in [-0.4, -0.2) is 11.7 Å². The van der Waals surface area contributed by atoms with Crippen molar-refractivity contribution in [3.8, 4) is 17.6 Å². The summed E-state index contributed by atoms with van der Waals surface area (Å²) in [6.45, 7) is 1.61. The lowest BCUT2D eigenvalue weighted by Gasteiger charge is -2.09. The molecule has 2 aromatic rings. The van der Waals surface area contributed by atoms with Crippen LogP contribution in [0.5, 0.6) is 5.75 Å². The van der Waals surface area contributed by atoms with Gasteiger partial charge in [-0.05, 0) is 54.4 Å². The molecule has 0 atom stereocenters. The second kappa shape index (κ2) is 6.87. The molecule has 2 rings (SSSR count). The van der Waals surface area contributed by atoms with Gasteiger partial charge in [-0.2, -0.15) is 0 Å². The van der Waals surface area contributed by atoms with Crippen molar-refractivity contribution in [2.75, 3.05) is 6.61 Å². The van der Waals surface area contributed by atoms with Crippen LogP contribution in [0.4, 0.5) is 8.78 Å². The van der Waals surface area contributed by atoms with Crippen LogP contribution in [0.25, 0.3) is 0 Å². The summed E-state index contributed by atoms with van der Waals surface area (Å²) in [5, 5.41) is 8.65. The first-order valence-corrected chi connectivity index (χ1v) is 6.36. The van der Waals surface area contributed by atoms with Gasteiger partial charge in [-0.15, -0.1) is 0 Å². The Labute approximate surface area is 122 Å². The third kappa shape index (κ3) is 4.30. The van der Waals surface area contributed by atoms with Gasteiger partial charge < -0.3 is 9.84 Å². The van der Waals surface area contributed by atoms with Crippen LogP contribution in [0.15, 0.2) is 36.4 Å². The maximum Gasteiger partial charge on any atom is 0.124 e. The Balaban J connectivity index is 2.14. The number of hydrogen-bond donors (Lipinski definition) is 1. The van der Waals surface area contributed by atoms with Crippen LogP contribution in [0.1, 0.15) is 16.7 Å². The number of halogens is 2. The first-order chi connectivity index (χ1) is 10.1. The van der Waals surface area contributed by atoms with E-state index in [1.807, 2.05) is 0 Å². The zero-order valence-electron chi connectivity index (χ0n) is 11.5. The van der Waals surface area contributed by atoms with E-state index in [4.69, 9.17) is 9.84 Å². The van der Waals surface area contributed by atoms with E-state index in [2.05, 4.69) is 11.8 Å². The summed E-state index contributed by atoms with van der Waals surface area (Å²) in [6, 6.07) is 8.55. The number of aliphatic hydroxyl groups excluding tert-OH is 1. The highest BCUT2D eigenvalue weighted by atomic mass is 19.1. The second-order valence-electron chi connectivity index (χ2n) is 4.51. The van der Waals surface area contributed by atoms with Crippen LogP contribution in [0.3, 0.4) is 0 Å². The Morgan fingerprint density at radius 2 is 1.90 bits per heavy atom. The molecule has 2 aromatic carbocycles. The fourth-order valence-corrected chi connectivity index (χ4v) is 1.88. The second-order valence-corrected chi connectivity index (χ2v) is 4.51. The number of ether oxygens (including phenoxy) is 1. The van der Waals surface area contributed by atoms with E-state index in [9.17, 15) is 8.78 Å². The number of hydrogen-bond acceptors (Lipinski definition) is 2. The first kappa shape index (κ1) is 15.0. The smallest absolute Gasteiger partial charge is 0.124 e. The van der Waals surface area contributed by atoms with Crippen molar-refractivity contribution in [2.45, 2.75) is 13.5 Å². The summed E-state index contributed by atoms with van der Waals surface area (Å²) in [6.07, 6.45) is 0. The molecule has 108 valence electrons. The standard InChI is InChI=1S/C17H14F2O2/c1-12-7-15(18)4-5-17(12)21-11-14-8-13(3-2-6-20)9-16(19)10-14/h4-5,7-10,20H,6,11H2,1H3. The molecular formula is C17H14F2O2. The maximum absolute atomic E-state index is 13.5. The lowest BCUT2D eigenvalue weighted by Crippen LogP contribution is -1.99. The van der Waals surface area contributed by atoms with Crippen molar-refractivity contribution >= 4 is 0 Å². The van der Waals surface area contributed by atoms with Crippen LogP contribution < -0.4 is 4.74 Å². The summed E-state index contributed by atoms with van der Waals surface area (Å²) in [5.74, 6) is 4.91. The SMILES string of the molecule is Cc1cc(F)ccc1OCc1cc(F)cc(C#CCO)c1. The molecular weight excluding hydrogens is 274 g/mol. The molecule has 0 saturated carbocycles. The third-order valence-electron chi connectivity index (χ3n) is 2.80. The Morgan fingerprint density at radius 1 is 1.10 bits per heavy atom. The van der Waals surface area contributed by atoms with E-state index in [1.165, 1.54) is 30.3 Å². The lowest BCUT2D eigenvalue weighted by atomic mass is 10.1. The first-order valence-electron chi connectivity index (χ1n) is 6.36. The van der Waals surface area contributed by atoms with Gasteiger partial charge in [0, 0.05) is 5.56 Å². The minimum absolute atomic E-state index is 0.151. The Bertz CT molecular complexity index is 700. The molecule has 21 heavy (non-hydrogen) atoms. The summed E-state index contributed by atoms with van der Waals surface area (Å²) >= 11 is 0. The fraction of sp³-hybridized carbons (Fsp3) is 0.176. The maximum atomic E-state index is 13.5. The van der Waals surface area contributed by atoms with Crippen LogP contribution in [0, 0.1) is 30.4 Å². The van der Waals surface area contributed by atoms with E-state index < -0.39 is 5.82 Å². The van der Waals surface area contributed by atoms with E-state index in [0.29, 0.717) is 22.4 Å². The zero-order chi connectivity index (χ0) is 15.2. The highest BCUT2D eigenvalue weighted by Crippen LogP contribution is 2.20. The topological polar surface area (TPSA) is 29.5 Å². The highest BCUT2D eigenvalue weighted by Gasteiger charge is 2.04.